The summed E-state index contributed by atoms with van der Waals surface area (Å²) in [5, 5.41) is 6.86. The molecule has 1 amide bonds. The largest absolute Gasteiger partial charge is 0.340 e. The van der Waals surface area contributed by atoms with Gasteiger partial charge in [0.2, 0.25) is 5.91 Å². The number of benzene rings is 2. The zero-order valence-electron chi connectivity index (χ0n) is 18.0. The molecule has 0 bridgehead atoms. The number of aryl methyl sites for hydroxylation is 1. The summed E-state index contributed by atoms with van der Waals surface area (Å²) in [6.07, 6.45) is 7.65. The summed E-state index contributed by atoms with van der Waals surface area (Å²) in [6, 6.07) is 12.9. The van der Waals surface area contributed by atoms with Crippen molar-refractivity contribution in [3.05, 3.63) is 72.6 Å². The highest BCUT2D eigenvalue weighted by molar-refractivity contribution is 5.82. The number of hydrogen-bond donors (Lipinski definition) is 1. The number of halogens is 1. The van der Waals surface area contributed by atoms with E-state index in [9.17, 15) is 9.18 Å². The number of nitrogens with one attached hydrogen (secondary N) is 1. The highest BCUT2D eigenvalue weighted by atomic mass is 19.1. The molecule has 0 spiro atoms. The first-order valence-corrected chi connectivity index (χ1v) is 11.0. The topological polar surface area (TPSA) is 66.8 Å². The molecular formula is C25H26FN5O. The zero-order valence-corrected chi connectivity index (χ0v) is 18.0. The van der Waals surface area contributed by atoms with E-state index >= 15 is 0 Å². The number of aromatic amines is 1. The van der Waals surface area contributed by atoms with Crippen LogP contribution >= 0.6 is 0 Å². The summed E-state index contributed by atoms with van der Waals surface area (Å²) in [6.45, 7) is 3.73. The third-order valence-electron chi connectivity index (χ3n) is 6.43. The van der Waals surface area contributed by atoms with Gasteiger partial charge in [0.1, 0.15) is 5.82 Å². The molecule has 7 heteroatoms. The third-order valence-corrected chi connectivity index (χ3v) is 6.43. The standard InChI is InChI=1S/C25H26FN5O/c1-17-10-19(15-31(17)25(32)9-4-18-2-6-22(26)7-3-18)14-30-16-27-23-11-20(5-8-24(23)30)21-12-28-29-13-21/h2-3,5-8,11-13,16-17,19H,4,9-10,14-15H2,1H3,(H,28,29). The second-order valence-electron chi connectivity index (χ2n) is 8.71. The maximum absolute atomic E-state index is 13.1. The summed E-state index contributed by atoms with van der Waals surface area (Å²) in [5.74, 6) is 0.316. The van der Waals surface area contributed by atoms with Crippen LogP contribution < -0.4 is 0 Å². The molecule has 2 atom stereocenters. The van der Waals surface area contributed by atoms with E-state index in [0.717, 1.165) is 47.2 Å². The number of fused-ring (bicyclic) bond motifs is 1. The van der Waals surface area contributed by atoms with Crippen molar-refractivity contribution in [3.8, 4) is 11.1 Å². The predicted octanol–water partition coefficient (Wildman–Crippen LogP) is 4.44. The van der Waals surface area contributed by atoms with Crippen molar-refractivity contribution >= 4 is 16.9 Å². The Bertz CT molecular complexity index is 1220. The maximum Gasteiger partial charge on any atom is 0.223 e. The Labute approximate surface area is 186 Å². The van der Waals surface area contributed by atoms with E-state index in [-0.39, 0.29) is 17.8 Å². The zero-order chi connectivity index (χ0) is 22.1. The number of rotatable bonds is 6. The van der Waals surface area contributed by atoms with Gasteiger partial charge in [-0.2, -0.15) is 5.10 Å². The van der Waals surface area contributed by atoms with Crippen molar-refractivity contribution in [2.24, 2.45) is 5.92 Å². The van der Waals surface area contributed by atoms with Crippen molar-refractivity contribution in [1.82, 2.24) is 24.6 Å². The molecule has 6 nitrogen and oxygen atoms in total. The number of amides is 1. The Balaban J connectivity index is 1.22. The van der Waals surface area contributed by atoms with Gasteiger partial charge in [0.05, 0.1) is 23.6 Å². The molecule has 0 saturated carbocycles. The van der Waals surface area contributed by atoms with Crippen LogP contribution in [0.4, 0.5) is 4.39 Å². The van der Waals surface area contributed by atoms with Gasteiger partial charge in [0, 0.05) is 37.3 Å². The lowest BCUT2D eigenvalue weighted by molar-refractivity contribution is -0.131. The first-order chi connectivity index (χ1) is 15.6. The molecule has 1 aliphatic heterocycles. The van der Waals surface area contributed by atoms with Gasteiger partial charge in [0.25, 0.3) is 0 Å². The van der Waals surface area contributed by atoms with Crippen molar-refractivity contribution < 1.29 is 9.18 Å². The molecule has 5 rings (SSSR count). The number of aromatic nitrogens is 4. The summed E-state index contributed by atoms with van der Waals surface area (Å²) in [5.41, 5.74) is 5.18. The second-order valence-corrected chi connectivity index (χ2v) is 8.71. The van der Waals surface area contributed by atoms with Crippen LogP contribution in [0.5, 0.6) is 0 Å². The van der Waals surface area contributed by atoms with E-state index in [2.05, 4.69) is 44.9 Å². The number of H-pyrrole nitrogens is 1. The van der Waals surface area contributed by atoms with Crippen LogP contribution in [-0.2, 0) is 17.8 Å². The summed E-state index contributed by atoms with van der Waals surface area (Å²) >= 11 is 0. The van der Waals surface area contributed by atoms with Crippen LogP contribution in [-0.4, -0.2) is 43.1 Å². The fourth-order valence-electron chi connectivity index (χ4n) is 4.74. The normalized spacial score (nSPS) is 18.5. The minimum absolute atomic E-state index is 0.171. The summed E-state index contributed by atoms with van der Waals surface area (Å²) in [4.78, 5) is 19.4. The highest BCUT2D eigenvalue weighted by Crippen LogP contribution is 2.28. The number of hydrogen-bond acceptors (Lipinski definition) is 3. The summed E-state index contributed by atoms with van der Waals surface area (Å²) in [7, 11) is 0. The van der Waals surface area contributed by atoms with Crippen LogP contribution in [0.25, 0.3) is 22.2 Å². The summed E-state index contributed by atoms with van der Waals surface area (Å²) < 4.78 is 15.3. The lowest BCUT2D eigenvalue weighted by Crippen LogP contribution is -2.34. The van der Waals surface area contributed by atoms with Crippen molar-refractivity contribution in [3.63, 3.8) is 0 Å². The monoisotopic (exact) mass is 431 g/mol. The van der Waals surface area contributed by atoms with E-state index < -0.39 is 0 Å². The Morgan fingerprint density at radius 1 is 1.19 bits per heavy atom. The maximum atomic E-state index is 13.1. The number of likely N-dealkylation sites (tertiary alicyclic amines) is 1. The second kappa shape index (κ2) is 8.57. The van der Waals surface area contributed by atoms with Gasteiger partial charge in [-0.05, 0) is 61.1 Å². The van der Waals surface area contributed by atoms with Gasteiger partial charge < -0.3 is 9.47 Å². The molecule has 0 aliphatic carbocycles. The predicted molar refractivity (Wildman–Crippen MR) is 121 cm³/mol. The Kier molecular flexibility index (Phi) is 5.47. The average molecular weight is 432 g/mol. The van der Waals surface area contributed by atoms with E-state index in [0.29, 0.717) is 18.8 Å². The van der Waals surface area contributed by atoms with Gasteiger partial charge in [-0.1, -0.05) is 18.2 Å². The SMILES string of the molecule is CC1CC(Cn2cnc3cc(-c4cn[nH]c4)ccc32)CN1C(=O)CCc1ccc(F)cc1. The fraction of sp³-hybridized carbons (Fsp3) is 0.320. The van der Waals surface area contributed by atoms with Crippen LogP contribution in [0.1, 0.15) is 25.3 Å². The van der Waals surface area contributed by atoms with Crippen LogP contribution in [0.2, 0.25) is 0 Å². The molecule has 164 valence electrons. The smallest absolute Gasteiger partial charge is 0.223 e. The van der Waals surface area contributed by atoms with E-state index in [1.807, 2.05) is 17.4 Å². The lowest BCUT2D eigenvalue weighted by atomic mass is 10.1. The van der Waals surface area contributed by atoms with Crippen LogP contribution in [0.15, 0.2) is 61.2 Å². The molecule has 4 aromatic rings. The van der Waals surface area contributed by atoms with Gasteiger partial charge in [-0.25, -0.2) is 9.37 Å². The minimum Gasteiger partial charge on any atom is -0.340 e. The average Bonchev–Trinajstić information content (AvgIpc) is 3.54. The lowest BCUT2D eigenvalue weighted by Gasteiger charge is -2.21. The molecule has 1 N–H and O–H groups in total. The van der Waals surface area contributed by atoms with E-state index in [4.69, 9.17) is 0 Å². The van der Waals surface area contributed by atoms with Gasteiger partial charge in [-0.3, -0.25) is 9.89 Å². The molecule has 32 heavy (non-hydrogen) atoms. The third kappa shape index (κ3) is 4.15. The molecule has 0 radical (unpaired) electrons. The molecule has 1 aliphatic rings. The van der Waals surface area contributed by atoms with Crippen molar-refractivity contribution in [1.29, 1.82) is 0 Å². The molecule has 2 unspecified atom stereocenters. The molecular weight excluding hydrogens is 405 g/mol. The molecule has 3 heterocycles. The molecule has 1 fully saturated rings. The number of carbonyl (C=O) groups is 1. The van der Waals surface area contributed by atoms with Crippen LogP contribution in [0, 0.1) is 11.7 Å². The van der Waals surface area contributed by atoms with Gasteiger partial charge in [0.15, 0.2) is 0 Å². The quantitative estimate of drug-likeness (QED) is 0.491. The van der Waals surface area contributed by atoms with E-state index in [1.165, 1.54) is 12.1 Å². The number of nitrogens with zero attached hydrogens (tertiary/aromatic N) is 4. The molecule has 1 saturated heterocycles. The molecule has 2 aromatic heterocycles. The molecule has 2 aromatic carbocycles. The fourth-order valence-corrected chi connectivity index (χ4v) is 4.74. The first kappa shape index (κ1) is 20.4. The number of imidazole rings is 1. The van der Waals surface area contributed by atoms with Crippen molar-refractivity contribution in [2.45, 2.75) is 38.8 Å². The first-order valence-electron chi connectivity index (χ1n) is 11.0. The minimum atomic E-state index is -0.249. The van der Waals surface area contributed by atoms with Crippen LogP contribution in [0.3, 0.4) is 0 Å². The Morgan fingerprint density at radius 2 is 2.03 bits per heavy atom. The highest BCUT2D eigenvalue weighted by Gasteiger charge is 2.32. The van der Waals surface area contributed by atoms with Gasteiger partial charge >= 0.3 is 0 Å². The van der Waals surface area contributed by atoms with E-state index in [1.54, 1.807) is 18.3 Å². The van der Waals surface area contributed by atoms with Crippen molar-refractivity contribution in [2.75, 3.05) is 6.54 Å². The van der Waals surface area contributed by atoms with Gasteiger partial charge in [-0.15, -0.1) is 0 Å². The number of carbonyl (C=O) groups excluding carboxylic acids is 1. The Morgan fingerprint density at radius 3 is 2.81 bits per heavy atom. The Hall–Kier alpha value is -3.48.